The molecule has 0 bridgehead atoms. The summed E-state index contributed by atoms with van der Waals surface area (Å²) in [4.78, 5) is 62.5. The molecule has 0 aliphatic carbocycles. The van der Waals surface area contributed by atoms with Crippen LogP contribution in [0.2, 0.25) is 0 Å². The zero-order valence-electron chi connectivity index (χ0n) is 19.4. The molecule has 1 aromatic carbocycles. The van der Waals surface area contributed by atoms with Gasteiger partial charge in [0.1, 0.15) is 24.2 Å². The van der Waals surface area contributed by atoms with Crippen LogP contribution in [0.15, 0.2) is 30.3 Å². The number of carbonyl (C=O) groups is 5. The van der Waals surface area contributed by atoms with Gasteiger partial charge in [0.05, 0.1) is 6.10 Å². The van der Waals surface area contributed by atoms with Gasteiger partial charge in [0, 0.05) is 19.4 Å². The van der Waals surface area contributed by atoms with Gasteiger partial charge in [-0.1, -0.05) is 30.3 Å². The maximum atomic E-state index is 13.0. The molecule has 0 saturated carbocycles. The monoisotopic (exact) mass is 492 g/mol. The van der Waals surface area contributed by atoms with E-state index < -0.39 is 66.4 Å². The van der Waals surface area contributed by atoms with Crippen molar-refractivity contribution < 1.29 is 39.3 Å². The molecule has 1 aliphatic rings. The highest BCUT2D eigenvalue weighted by Crippen LogP contribution is 2.19. The number of carbonyl (C=O) groups excluding carboxylic acids is 3. The molecule has 0 spiro atoms. The Morgan fingerprint density at radius 1 is 1.09 bits per heavy atom. The number of carboxylic acids is 2. The molecule has 1 saturated heterocycles. The Hall–Kier alpha value is -3.51. The van der Waals surface area contributed by atoms with E-state index in [1.165, 1.54) is 11.8 Å². The Labute approximate surface area is 202 Å². The van der Waals surface area contributed by atoms with Crippen LogP contribution in [0, 0.1) is 0 Å². The van der Waals surface area contributed by atoms with Crippen molar-refractivity contribution in [3.05, 3.63) is 35.9 Å². The lowest BCUT2D eigenvalue weighted by atomic mass is 10.0. The second-order valence-corrected chi connectivity index (χ2v) is 8.54. The quantitative estimate of drug-likeness (QED) is 0.208. The van der Waals surface area contributed by atoms with Gasteiger partial charge in [-0.05, 0) is 31.7 Å². The fourth-order valence-corrected chi connectivity index (χ4v) is 3.83. The number of nitrogens with one attached hydrogen (secondary N) is 2. The molecular formula is C23H32N4O8. The van der Waals surface area contributed by atoms with Crippen LogP contribution < -0.4 is 16.4 Å². The fourth-order valence-electron chi connectivity index (χ4n) is 3.83. The molecule has 1 aliphatic heterocycles. The van der Waals surface area contributed by atoms with Crippen LogP contribution >= 0.6 is 0 Å². The molecule has 12 nitrogen and oxygen atoms in total. The third-order valence-corrected chi connectivity index (χ3v) is 5.82. The summed E-state index contributed by atoms with van der Waals surface area (Å²) in [6.07, 6.45) is -1.07. The number of aliphatic carboxylic acids is 2. The molecular weight excluding hydrogens is 460 g/mol. The number of rotatable bonds is 12. The van der Waals surface area contributed by atoms with Crippen LogP contribution in [-0.4, -0.2) is 86.7 Å². The zero-order valence-corrected chi connectivity index (χ0v) is 19.4. The number of amides is 3. The lowest BCUT2D eigenvalue weighted by Gasteiger charge is -2.29. The minimum atomic E-state index is -1.33. The SMILES string of the molecule is CC(O)C(N)C(=O)N1CCCC1C(=O)NC(CCC(=O)O)C(=O)NC(Cc1ccccc1)C(=O)O. The summed E-state index contributed by atoms with van der Waals surface area (Å²) in [7, 11) is 0. The molecule has 2 rings (SSSR count). The van der Waals surface area contributed by atoms with Gasteiger partial charge in [-0.25, -0.2) is 4.79 Å². The van der Waals surface area contributed by atoms with E-state index in [0.29, 0.717) is 18.4 Å². The summed E-state index contributed by atoms with van der Waals surface area (Å²) >= 11 is 0. The Morgan fingerprint density at radius 2 is 1.74 bits per heavy atom. The number of likely N-dealkylation sites (tertiary alicyclic amines) is 1. The molecule has 12 heteroatoms. The minimum absolute atomic E-state index is 0.0103. The fraction of sp³-hybridized carbons (Fsp3) is 0.522. The molecule has 7 N–H and O–H groups in total. The van der Waals surface area contributed by atoms with Gasteiger partial charge in [0.2, 0.25) is 17.7 Å². The van der Waals surface area contributed by atoms with Crippen LogP contribution in [0.4, 0.5) is 0 Å². The number of carboxylic acid groups (broad SMARTS) is 2. The van der Waals surface area contributed by atoms with Crippen LogP contribution in [-0.2, 0) is 30.4 Å². The largest absolute Gasteiger partial charge is 0.481 e. The van der Waals surface area contributed by atoms with E-state index >= 15 is 0 Å². The highest BCUT2D eigenvalue weighted by Gasteiger charge is 2.38. The maximum absolute atomic E-state index is 13.0. The minimum Gasteiger partial charge on any atom is -0.481 e. The van der Waals surface area contributed by atoms with E-state index in [9.17, 15) is 34.2 Å². The number of hydrogen-bond acceptors (Lipinski definition) is 7. The first-order valence-corrected chi connectivity index (χ1v) is 11.3. The Balaban J connectivity index is 2.13. The van der Waals surface area contributed by atoms with Crippen LogP contribution in [0.25, 0.3) is 0 Å². The van der Waals surface area contributed by atoms with Gasteiger partial charge in [-0.15, -0.1) is 0 Å². The van der Waals surface area contributed by atoms with Gasteiger partial charge < -0.3 is 36.6 Å². The van der Waals surface area contributed by atoms with Crippen molar-refractivity contribution in [3.63, 3.8) is 0 Å². The summed E-state index contributed by atoms with van der Waals surface area (Å²) < 4.78 is 0. The molecule has 192 valence electrons. The highest BCUT2D eigenvalue weighted by atomic mass is 16.4. The van der Waals surface area contributed by atoms with Gasteiger partial charge in [0.25, 0.3) is 0 Å². The summed E-state index contributed by atoms with van der Waals surface area (Å²) in [6, 6.07) is 3.82. The number of hydrogen-bond donors (Lipinski definition) is 6. The first-order chi connectivity index (χ1) is 16.5. The third kappa shape index (κ3) is 8.04. The zero-order chi connectivity index (χ0) is 26.1. The van der Waals surface area contributed by atoms with Crippen LogP contribution in [0.3, 0.4) is 0 Å². The number of aliphatic hydroxyl groups is 1. The number of benzene rings is 1. The van der Waals surface area contributed by atoms with Gasteiger partial charge in [-0.2, -0.15) is 0 Å². The molecule has 5 unspecified atom stereocenters. The van der Waals surface area contributed by atoms with E-state index in [2.05, 4.69) is 10.6 Å². The normalized spacial score (nSPS) is 18.7. The smallest absolute Gasteiger partial charge is 0.326 e. The van der Waals surface area contributed by atoms with Crippen molar-refractivity contribution in [2.75, 3.05) is 6.54 Å². The van der Waals surface area contributed by atoms with Gasteiger partial charge >= 0.3 is 11.9 Å². The molecule has 3 amide bonds. The number of nitrogens with two attached hydrogens (primary N) is 1. The van der Waals surface area contributed by atoms with Crippen molar-refractivity contribution >= 4 is 29.7 Å². The second kappa shape index (κ2) is 12.8. The van der Waals surface area contributed by atoms with Gasteiger partial charge in [-0.3, -0.25) is 19.2 Å². The summed E-state index contributed by atoms with van der Waals surface area (Å²) in [5.74, 6) is -4.63. The van der Waals surface area contributed by atoms with Crippen molar-refractivity contribution in [2.24, 2.45) is 5.73 Å². The van der Waals surface area contributed by atoms with Crippen molar-refractivity contribution in [3.8, 4) is 0 Å². The molecule has 5 atom stereocenters. The van der Waals surface area contributed by atoms with Gasteiger partial charge in [0.15, 0.2) is 0 Å². The molecule has 0 aromatic heterocycles. The number of nitrogens with zero attached hydrogens (tertiary/aromatic N) is 1. The Morgan fingerprint density at radius 3 is 2.31 bits per heavy atom. The van der Waals surface area contributed by atoms with Crippen molar-refractivity contribution in [2.45, 2.75) is 69.3 Å². The highest BCUT2D eigenvalue weighted by molar-refractivity contribution is 5.94. The second-order valence-electron chi connectivity index (χ2n) is 8.54. The lowest BCUT2D eigenvalue weighted by Crippen LogP contribution is -2.57. The number of aliphatic hydroxyl groups excluding tert-OH is 1. The molecule has 1 aromatic rings. The predicted octanol–water partition coefficient (Wildman–Crippen LogP) is -1.15. The first kappa shape index (κ1) is 27.7. The third-order valence-electron chi connectivity index (χ3n) is 5.82. The lowest BCUT2D eigenvalue weighted by molar-refractivity contribution is -0.144. The van der Waals surface area contributed by atoms with Crippen molar-refractivity contribution in [1.82, 2.24) is 15.5 Å². The average Bonchev–Trinajstić information content (AvgIpc) is 3.30. The van der Waals surface area contributed by atoms with E-state index in [4.69, 9.17) is 10.8 Å². The Bertz CT molecular complexity index is 923. The van der Waals surface area contributed by atoms with Crippen LogP contribution in [0.1, 0.15) is 38.2 Å². The molecule has 35 heavy (non-hydrogen) atoms. The van der Waals surface area contributed by atoms with Crippen LogP contribution in [0.5, 0.6) is 0 Å². The maximum Gasteiger partial charge on any atom is 0.326 e. The van der Waals surface area contributed by atoms with E-state index in [-0.39, 0.29) is 19.4 Å². The van der Waals surface area contributed by atoms with Crippen molar-refractivity contribution in [1.29, 1.82) is 0 Å². The summed E-state index contributed by atoms with van der Waals surface area (Å²) in [5.41, 5.74) is 6.39. The van der Waals surface area contributed by atoms with E-state index in [0.717, 1.165) is 0 Å². The Kier molecular flexibility index (Phi) is 10.2. The standard InChI is InChI=1S/C23H32N4O8/c1-13(28)19(24)22(33)27-11-5-8-17(27)21(32)25-15(9-10-18(29)30)20(31)26-16(23(34)35)12-14-6-3-2-4-7-14/h2-4,6-7,13,15-17,19,28H,5,8-12,24H2,1H3,(H,25,32)(H,26,31)(H,29,30)(H,34,35). The molecule has 0 radical (unpaired) electrons. The topological polar surface area (TPSA) is 199 Å². The summed E-state index contributed by atoms with van der Waals surface area (Å²) in [5, 5.41) is 33.1. The average molecular weight is 493 g/mol. The van der Waals surface area contributed by atoms with E-state index in [1.54, 1.807) is 30.3 Å². The molecule has 1 heterocycles. The summed E-state index contributed by atoms with van der Waals surface area (Å²) in [6.45, 7) is 1.59. The molecule has 1 fully saturated rings. The first-order valence-electron chi connectivity index (χ1n) is 11.3. The predicted molar refractivity (Wildman–Crippen MR) is 123 cm³/mol. The van der Waals surface area contributed by atoms with E-state index in [1.807, 2.05) is 0 Å².